The second-order valence-electron chi connectivity index (χ2n) is 6.36. The number of rotatable bonds is 7. The van der Waals surface area contributed by atoms with Gasteiger partial charge in [-0.15, -0.1) is 11.8 Å². The van der Waals surface area contributed by atoms with E-state index >= 15 is 0 Å². The second kappa shape index (κ2) is 8.41. The Balaban J connectivity index is 1.42. The number of anilines is 1. The molecule has 0 radical (unpaired) electrons. The largest absolute Gasteiger partial charge is 0.387 e. The molecule has 1 aliphatic rings. The molecule has 0 aliphatic carbocycles. The van der Waals surface area contributed by atoms with Crippen molar-refractivity contribution in [3.8, 4) is 0 Å². The highest BCUT2D eigenvalue weighted by atomic mass is 32.2. The Morgan fingerprint density at radius 3 is 2.88 bits per heavy atom. The van der Waals surface area contributed by atoms with Gasteiger partial charge in [-0.05, 0) is 29.2 Å². The number of aliphatic hydroxyl groups is 1. The van der Waals surface area contributed by atoms with E-state index in [4.69, 9.17) is 0 Å². The fourth-order valence-electron chi connectivity index (χ4n) is 3.01. The maximum atomic E-state index is 11.9. The first-order valence-corrected chi connectivity index (χ1v) is 9.69. The number of benzene rings is 2. The summed E-state index contributed by atoms with van der Waals surface area (Å²) in [4.78, 5) is 14.2. The van der Waals surface area contributed by atoms with Gasteiger partial charge in [-0.1, -0.05) is 42.5 Å². The van der Waals surface area contributed by atoms with E-state index in [9.17, 15) is 9.90 Å². The van der Waals surface area contributed by atoms with Gasteiger partial charge in [0.1, 0.15) is 0 Å². The van der Waals surface area contributed by atoms with Gasteiger partial charge in [0.15, 0.2) is 0 Å². The van der Waals surface area contributed by atoms with E-state index < -0.39 is 6.10 Å². The first-order chi connectivity index (χ1) is 12.1. The van der Waals surface area contributed by atoms with E-state index in [-0.39, 0.29) is 12.5 Å². The number of thioether (sulfide) groups is 1. The van der Waals surface area contributed by atoms with Crippen LogP contribution in [0, 0.1) is 0 Å². The third-order valence-electron chi connectivity index (χ3n) is 4.45. The fourth-order valence-corrected chi connectivity index (χ4v) is 3.83. The predicted octanol–water partition coefficient (Wildman–Crippen LogP) is 2.76. The highest BCUT2D eigenvalue weighted by Crippen LogP contribution is 2.29. The summed E-state index contributed by atoms with van der Waals surface area (Å²) in [6.07, 6.45) is 0.341. The van der Waals surface area contributed by atoms with Crippen LogP contribution in [0.2, 0.25) is 0 Å². The second-order valence-corrected chi connectivity index (χ2v) is 7.34. The average Bonchev–Trinajstić information content (AvgIpc) is 3.01. The number of carbonyl (C=O) groups excluding carboxylic acids is 1. The molecule has 132 valence electrons. The lowest BCUT2D eigenvalue weighted by Gasteiger charge is -2.15. The lowest BCUT2D eigenvalue weighted by molar-refractivity contribution is -0.119. The predicted molar refractivity (Wildman–Crippen MR) is 104 cm³/mol. The molecule has 0 saturated carbocycles. The molecule has 2 aromatic carbocycles. The molecule has 1 amide bonds. The summed E-state index contributed by atoms with van der Waals surface area (Å²) in [5, 5.41) is 13.2. The van der Waals surface area contributed by atoms with Crippen molar-refractivity contribution in [1.82, 2.24) is 5.32 Å². The lowest BCUT2D eigenvalue weighted by atomic mass is 10.0. The number of hydrogen-bond acceptors (Lipinski definition) is 4. The van der Waals surface area contributed by atoms with Crippen LogP contribution in [0.5, 0.6) is 0 Å². The zero-order valence-corrected chi connectivity index (χ0v) is 15.3. The number of aliphatic hydroxyl groups excluding tert-OH is 1. The van der Waals surface area contributed by atoms with Crippen molar-refractivity contribution in [2.45, 2.75) is 18.3 Å². The number of likely N-dealkylation sites (N-methyl/N-ethyl adjacent to an activating group) is 1. The summed E-state index contributed by atoms with van der Waals surface area (Å²) in [6.45, 7) is 1.27. The minimum absolute atomic E-state index is 0.0409. The molecular formula is C20H24N2O2S. The van der Waals surface area contributed by atoms with E-state index in [1.807, 2.05) is 24.3 Å². The van der Waals surface area contributed by atoms with E-state index in [1.54, 1.807) is 11.8 Å². The summed E-state index contributed by atoms with van der Waals surface area (Å²) >= 11 is 1.58. The van der Waals surface area contributed by atoms with E-state index in [2.05, 4.69) is 41.5 Å². The molecular weight excluding hydrogens is 332 g/mol. The van der Waals surface area contributed by atoms with Gasteiger partial charge in [-0.2, -0.15) is 0 Å². The molecule has 5 heteroatoms. The zero-order chi connectivity index (χ0) is 17.6. The van der Waals surface area contributed by atoms with Gasteiger partial charge in [0, 0.05) is 31.6 Å². The van der Waals surface area contributed by atoms with Crippen LogP contribution in [0.15, 0.2) is 48.5 Å². The van der Waals surface area contributed by atoms with Gasteiger partial charge in [0.05, 0.1) is 11.9 Å². The van der Waals surface area contributed by atoms with Crippen molar-refractivity contribution >= 4 is 23.4 Å². The van der Waals surface area contributed by atoms with Crippen LogP contribution in [0.1, 0.15) is 22.8 Å². The van der Waals surface area contributed by atoms with Gasteiger partial charge in [0.25, 0.3) is 0 Å². The highest BCUT2D eigenvalue weighted by Gasteiger charge is 2.18. The summed E-state index contributed by atoms with van der Waals surface area (Å²) < 4.78 is 0. The number of carbonyl (C=O) groups is 1. The summed E-state index contributed by atoms with van der Waals surface area (Å²) in [7, 11) is 2.08. The summed E-state index contributed by atoms with van der Waals surface area (Å²) in [5.74, 6) is 1.17. The van der Waals surface area contributed by atoms with Crippen molar-refractivity contribution < 1.29 is 9.90 Å². The van der Waals surface area contributed by atoms with Gasteiger partial charge in [0.2, 0.25) is 5.91 Å². The average molecular weight is 356 g/mol. The number of amides is 1. The zero-order valence-electron chi connectivity index (χ0n) is 14.4. The lowest BCUT2D eigenvalue weighted by Crippen LogP contribution is -2.29. The van der Waals surface area contributed by atoms with Crippen LogP contribution in [-0.2, 0) is 17.0 Å². The van der Waals surface area contributed by atoms with Crippen molar-refractivity contribution in [2.24, 2.45) is 0 Å². The molecule has 0 aromatic heterocycles. The third-order valence-corrected chi connectivity index (χ3v) is 5.46. The van der Waals surface area contributed by atoms with Crippen molar-refractivity contribution in [3.63, 3.8) is 0 Å². The van der Waals surface area contributed by atoms with Crippen LogP contribution in [0.3, 0.4) is 0 Å². The van der Waals surface area contributed by atoms with E-state index in [0.717, 1.165) is 24.3 Å². The van der Waals surface area contributed by atoms with Crippen LogP contribution in [0.25, 0.3) is 0 Å². The van der Waals surface area contributed by atoms with Crippen molar-refractivity contribution in [3.05, 3.63) is 65.2 Å². The molecule has 0 saturated heterocycles. The maximum Gasteiger partial charge on any atom is 0.230 e. The molecule has 0 fully saturated rings. The topological polar surface area (TPSA) is 52.6 Å². The molecule has 1 atom stereocenters. The fraction of sp³-hybridized carbons (Fsp3) is 0.350. The standard InChI is InChI=1S/C20H24N2O2S/c1-22-10-9-16-11-17(7-8-18(16)22)19(23)12-21-20(24)14-25-13-15-5-3-2-4-6-15/h2-8,11,19,23H,9-10,12-14H2,1H3,(H,21,24). The summed E-state index contributed by atoms with van der Waals surface area (Å²) in [6, 6.07) is 16.2. The first kappa shape index (κ1) is 17.8. The van der Waals surface area contributed by atoms with E-state index in [1.165, 1.54) is 16.8 Å². The van der Waals surface area contributed by atoms with Crippen LogP contribution >= 0.6 is 11.8 Å². The molecule has 3 rings (SSSR count). The molecule has 1 unspecified atom stereocenters. The Bertz CT molecular complexity index is 721. The molecule has 25 heavy (non-hydrogen) atoms. The Hall–Kier alpha value is -1.98. The highest BCUT2D eigenvalue weighted by molar-refractivity contribution is 7.99. The molecule has 2 aromatic rings. The van der Waals surface area contributed by atoms with Crippen molar-refractivity contribution in [2.75, 3.05) is 30.8 Å². The molecule has 4 nitrogen and oxygen atoms in total. The molecule has 1 heterocycles. The number of fused-ring (bicyclic) bond motifs is 1. The van der Waals surface area contributed by atoms with E-state index in [0.29, 0.717) is 5.75 Å². The summed E-state index contributed by atoms with van der Waals surface area (Å²) in [5.41, 5.74) is 4.58. The molecule has 1 aliphatic heterocycles. The maximum absolute atomic E-state index is 11.9. The van der Waals surface area contributed by atoms with Crippen LogP contribution in [-0.4, -0.2) is 36.9 Å². The van der Waals surface area contributed by atoms with Crippen LogP contribution in [0.4, 0.5) is 5.69 Å². The SMILES string of the molecule is CN1CCc2cc(C(O)CNC(=O)CSCc3ccccc3)ccc21. The number of hydrogen-bond donors (Lipinski definition) is 2. The van der Waals surface area contributed by atoms with Gasteiger partial charge in [-0.3, -0.25) is 4.79 Å². The third kappa shape index (κ3) is 4.77. The smallest absolute Gasteiger partial charge is 0.230 e. The number of nitrogens with zero attached hydrogens (tertiary/aromatic N) is 1. The Kier molecular flexibility index (Phi) is 6.00. The van der Waals surface area contributed by atoms with Gasteiger partial charge in [-0.25, -0.2) is 0 Å². The first-order valence-electron chi connectivity index (χ1n) is 8.54. The molecule has 0 spiro atoms. The molecule has 0 bridgehead atoms. The monoisotopic (exact) mass is 356 g/mol. The van der Waals surface area contributed by atoms with Gasteiger partial charge >= 0.3 is 0 Å². The number of nitrogens with one attached hydrogen (secondary N) is 1. The quantitative estimate of drug-likeness (QED) is 0.801. The molecule has 2 N–H and O–H groups in total. The van der Waals surface area contributed by atoms with Crippen molar-refractivity contribution in [1.29, 1.82) is 0 Å². The van der Waals surface area contributed by atoms with Gasteiger partial charge < -0.3 is 15.3 Å². The van der Waals surface area contributed by atoms with Crippen LogP contribution < -0.4 is 10.2 Å². The Morgan fingerprint density at radius 1 is 1.28 bits per heavy atom. The Morgan fingerprint density at radius 2 is 2.08 bits per heavy atom. The minimum atomic E-state index is -0.667. The normalized spacial score (nSPS) is 14.2. The minimum Gasteiger partial charge on any atom is -0.387 e. The Labute approximate surface area is 153 Å².